The molecule has 1 N–H and O–H groups in total. The van der Waals surface area contributed by atoms with Crippen molar-refractivity contribution in [3.8, 4) is 0 Å². The summed E-state index contributed by atoms with van der Waals surface area (Å²) >= 11 is 0. The highest BCUT2D eigenvalue weighted by molar-refractivity contribution is 7.89. The van der Waals surface area contributed by atoms with E-state index in [9.17, 15) is 13.2 Å². The van der Waals surface area contributed by atoms with Crippen LogP contribution in [-0.4, -0.2) is 38.9 Å². The first-order valence-corrected chi connectivity index (χ1v) is 10.0. The molecule has 0 radical (unpaired) electrons. The number of sulfonamides is 1. The number of nitrogens with one attached hydrogen (secondary N) is 1. The molecule has 2 rings (SSSR count). The largest absolute Gasteiger partial charge is 0.342 e. The molecule has 0 aromatic heterocycles. The number of piperidine rings is 1. The molecule has 0 aliphatic carbocycles. The molecule has 24 heavy (non-hydrogen) atoms. The summed E-state index contributed by atoms with van der Waals surface area (Å²) in [5.74, 6) is 0.554. The van der Waals surface area contributed by atoms with Gasteiger partial charge in [-0.25, -0.2) is 13.1 Å². The third kappa shape index (κ3) is 4.57. The number of carbonyl (C=O) groups is 1. The molecule has 6 heteroatoms. The number of amides is 1. The van der Waals surface area contributed by atoms with Gasteiger partial charge in [0.15, 0.2) is 0 Å². The molecule has 0 saturated carbocycles. The average Bonchev–Trinajstić information content (AvgIpc) is 2.45. The first kappa shape index (κ1) is 18.9. The maximum atomic E-state index is 12.6. The number of rotatable bonds is 5. The number of aryl methyl sites for hydroxylation is 3. The molecule has 1 heterocycles. The van der Waals surface area contributed by atoms with Crippen LogP contribution in [0.25, 0.3) is 0 Å². The molecule has 1 atom stereocenters. The Kier molecular flexibility index (Phi) is 6.04. The second kappa shape index (κ2) is 7.66. The minimum Gasteiger partial charge on any atom is -0.342 e. The van der Waals surface area contributed by atoms with E-state index in [-0.39, 0.29) is 18.9 Å². The van der Waals surface area contributed by atoms with Crippen LogP contribution in [0.1, 0.15) is 42.9 Å². The van der Waals surface area contributed by atoms with Crippen molar-refractivity contribution in [2.75, 3.05) is 19.6 Å². The minimum atomic E-state index is -3.60. The fourth-order valence-electron chi connectivity index (χ4n) is 3.53. The number of benzene rings is 1. The first-order chi connectivity index (χ1) is 11.2. The second-order valence-electron chi connectivity index (χ2n) is 6.96. The summed E-state index contributed by atoms with van der Waals surface area (Å²) in [5, 5.41) is 0. The van der Waals surface area contributed by atoms with Gasteiger partial charge in [-0.3, -0.25) is 4.79 Å². The lowest BCUT2D eigenvalue weighted by atomic mass is 10.0. The Morgan fingerprint density at radius 2 is 1.88 bits per heavy atom. The van der Waals surface area contributed by atoms with E-state index in [1.165, 1.54) is 0 Å². The molecule has 1 saturated heterocycles. The van der Waals surface area contributed by atoms with Gasteiger partial charge in [0.05, 0.1) is 4.90 Å². The molecule has 1 aliphatic rings. The zero-order chi connectivity index (χ0) is 17.9. The van der Waals surface area contributed by atoms with Gasteiger partial charge in [-0.05, 0) is 50.7 Å². The van der Waals surface area contributed by atoms with Crippen molar-refractivity contribution in [2.45, 2.75) is 51.9 Å². The van der Waals surface area contributed by atoms with Crippen LogP contribution in [0.4, 0.5) is 0 Å². The summed E-state index contributed by atoms with van der Waals surface area (Å²) in [6, 6.07) is 3.73. The van der Waals surface area contributed by atoms with Gasteiger partial charge < -0.3 is 4.90 Å². The number of carbonyl (C=O) groups excluding carboxylic acids is 1. The molecule has 1 aromatic rings. The third-order valence-electron chi connectivity index (χ3n) is 4.51. The molecule has 0 bridgehead atoms. The van der Waals surface area contributed by atoms with Crippen molar-refractivity contribution in [2.24, 2.45) is 5.92 Å². The molecule has 1 aromatic carbocycles. The zero-order valence-electron chi connectivity index (χ0n) is 15.1. The lowest BCUT2D eigenvalue weighted by Crippen LogP contribution is -2.40. The lowest BCUT2D eigenvalue weighted by Gasteiger charge is -2.31. The zero-order valence-corrected chi connectivity index (χ0v) is 15.9. The minimum absolute atomic E-state index is 0.0293. The summed E-state index contributed by atoms with van der Waals surface area (Å²) in [5.41, 5.74) is 2.51. The maximum absolute atomic E-state index is 12.6. The summed E-state index contributed by atoms with van der Waals surface area (Å²) in [6.07, 6.45) is 2.39. The van der Waals surface area contributed by atoms with Gasteiger partial charge in [0.2, 0.25) is 15.9 Å². The van der Waals surface area contributed by atoms with E-state index in [2.05, 4.69) is 11.6 Å². The molecular formula is C18H28N2O3S. The molecule has 1 unspecified atom stereocenters. The van der Waals surface area contributed by atoms with Crippen molar-refractivity contribution in [1.82, 2.24) is 9.62 Å². The van der Waals surface area contributed by atoms with Crippen LogP contribution in [0, 0.1) is 26.7 Å². The van der Waals surface area contributed by atoms with E-state index < -0.39 is 10.0 Å². The molecule has 5 nitrogen and oxygen atoms in total. The Labute approximate surface area is 145 Å². The normalized spacial score (nSPS) is 18.7. The standard InChI is InChI=1S/C18H28N2O3S/c1-13-6-5-9-20(12-13)17(21)7-8-19-24(22,23)18-15(3)10-14(2)11-16(18)4/h10-11,13,19H,5-9,12H2,1-4H3. The highest BCUT2D eigenvalue weighted by Crippen LogP contribution is 2.21. The van der Waals surface area contributed by atoms with Gasteiger partial charge in [0, 0.05) is 26.1 Å². The smallest absolute Gasteiger partial charge is 0.241 e. The number of hydrogen-bond acceptors (Lipinski definition) is 3. The molecule has 134 valence electrons. The number of likely N-dealkylation sites (tertiary alicyclic amines) is 1. The van der Waals surface area contributed by atoms with E-state index in [0.29, 0.717) is 10.8 Å². The first-order valence-electron chi connectivity index (χ1n) is 8.56. The monoisotopic (exact) mass is 352 g/mol. The Balaban J connectivity index is 1.97. The predicted molar refractivity (Wildman–Crippen MR) is 95.4 cm³/mol. The van der Waals surface area contributed by atoms with Crippen molar-refractivity contribution in [1.29, 1.82) is 0 Å². The quantitative estimate of drug-likeness (QED) is 0.885. The number of nitrogens with zero attached hydrogens (tertiary/aromatic N) is 1. The number of hydrogen-bond donors (Lipinski definition) is 1. The van der Waals surface area contributed by atoms with Crippen LogP contribution in [-0.2, 0) is 14.8 Å². The molecule has 1 fully saturated rings. The Bertz CT molecular complexity index is 690. The highest BCUT2D eigenvalue weighted by atomic mass is 32.2. The Morgan fingerprint density at radius 1 is 1.25 bits per heavy atom. The highest BCUT2D eigenvalue weighted by Gasteiger charge is 2.23. The van der Waals surface area contributed by atoms with Gasteiger partial charge in [-0.1, -0.05) is 24.6 Å². The molecule has 1 amide bonds. The van der Waals surface area contributed by atoms with Crippen LogP contribution in [0.5, 0.6) is 0 Å². The van der Waals surface area contributed by atoms with Crippen LogP contribution < -0.4 is 4.72 Å². The fraction of sp³-hybridized carbons (Fsp3) is 0.611. The average molecular weight is 353 g/mol. The van der Waals surface area contributed by atoms with Crippen LogP contribution in [0.3, 0.4) is 0 Å². The van der Waals surface area contributed by atoms with Gasteiger partial charge in [-0.2, -0.15) is 0 Å². The topological polar surface area (TPSA) is 66.5 Å². The van der Waals surface area contributed by atoms with Gasteiger partial charge in [0.1, 0.15) is 0 Å². The summed E-state index contributed by atoms with van der Waals surface area (Å²) in [7, 11) is -3.60. The molecular weight excluding hydrogens is 324 g/mol. The summed E-state index contributed by atoms with van der Waals surface area (Å²) in [4.78, 5) is 14.4. The van der Waals surface area contributed by atoms with Gasteiger partial charge in [0.25, 0.3) is 0 Å². The Morgan fingerprint density at radius 3 is 2.46 bits per heavy atom. The van der Waals surface area contributed by atoms with Crippen molar-refractivity contribution >= 4 is 15.9 Å². The third-order valence-corrected chi connectivity index (χ3v) is 6.28. The Hall–Kier alpha value is -1.40. The predicted octanol–water partition coefficient (Wildman–Crippen LogP) is 2.54. The van der Waals surface area contributed by atoms with Crippen molar-refractivity contribution in [3.05, 3.63) is 28.8 Å². The van der Waals surface area contributed by atoms with Gasteiger partial charge >= 0.3 is 0 Å². The summed E-state index contributed by atoms with van der Waals surface area (Å²) in [6.45, 7) is 9.39. The van der Waals surface area contributed by atoms with E-state index in [4.69, 9.17) is 0 Å². The second-order valence-corrected chi connectivity index (χ2v) is 8.67. The van der Waals surface area contributed by atoms with Crippen LogP contribution in [0.15, 0.2) is 17.0 Å². The fourth-order valence-corrected chi connectivity index (χ4v) is 5.01. The van der Waals surface area contributed by atoms with Crippen molar-refractivity contribution < 1.29 is 13.2 Å². The van der Waals surface area contributed by atoms with E-state index in [1.807, 2.05) is 24.0 Å². The van der Waals surface area contributed by atoms with Gasteiger partial charge in [-0.15, -0.1) is 0 Å². The lowest BCUT2D eigenvalue weighted by molar-refractivity contribution is -0.132. The maximum Gasteiger partial charge on any atom is 0.241 e. The molecule has 0 spiro atoms. The van der Waals surface area contributed by atoms with E-state index in [0.717, 1.165) is 42.6 Å². The SMILES string of the molecule is Cc1cc(C)c(S(=O)(=O)NCCC(=O)N2CCCC(C)C2)c(C)c1. The van der Waals surface area contributed by atoms with Crippen LogP contribution in [0.2, 0.25) is 0 Å². The summed E-state index contributed by atoms with van der Waals surface area (Å²) < 4.78 is 27.7. The van der Waals surface area contributed by atoms with E-state index in [1.54, 1.807) is 13.8 Å². The van der Waals surface area contributed by atoms with E-state index >= 15 is 0 Å². The van der Waals surface area contributed by atoms with Crippen LogP contribution >= 0.6 is 0 Å². The van der Waals surface area contributed by atoms with Crippen molar-refractivity contribution in [3.63, 3.8) is 0 Å². The molecule has 1 aliphatic heterocycles.